The number of hydrogen-bond donors (Lipinski definition) is 1. The summed E-state index contributed by atoms with van der Waals surface area (Å²) in [4.78, 5) is 4.10. The van der Waals surface area contributed by atoms with Gasteiger partial charge in [-0.1, -0.05) is 19.3 Å². The van der Waals surface area contributed by atoms with Crippen LogP contribution in [0, 0.1) is 0 Å². The fourth-order valence-electron chi connectivity index (χ4n) is 2.09. The van der Waals surface area contributed by atoms with Crippen LogP contribution in [-0.2, 0) is 5.60 Å². The summed E-state index contributed by atoms with van der Waals surface area (Å²) in [6.07, 6.45) is 8.72. The molecule has 1 saturated carbocycles. The molecule has 0 unspecified atom stereocenters. The normalized spacial score (nSPS) is 20.7. The summed E-state index contributed by atoms with van der Waals surface area (Å²) in [6, 6.07) is 1.97. The summed E-state index contributed by atoms with van der Waals surface area (Å²) in [5, 5.41) is 10.4. The molecule has 0 atom stereocenters. The van der Waals surface area contributed by atoms with Gasteiger partial charge in [0.1, 0.15) is 0 Å². The Morgan fingerprint density at radius 2 is 1.93 bits per heavy atom. The van der Waals surface area contributed by atoms with Crippen molar-refractivity contribution in [3.63, 3.8) is 0 Å². The first-order chi connectivity index (χ1) is 6.71. The predicted molar refractivity (Wildman–Crippen MR) is 58.9 cm³/mol. The van der Waals surface area contributed by atoms with Crippen molar-refractivity contribution in [3.05, 3.63) is 28.5 Å². The van der Waals surface area contributed by atoms with Crippen LogP contribution in [0.15, 0.2) is 22.9 Å². The molecule has 1 fully saturated rings. The molecule has 1 N–H and O–H groups in total. The quantitative estimate of drug-likeness (QED) is 0.837. The van der Waals surface area contributed by atoms with E-state index in [1.807, 2.05) is 6.07 Å². The zero-order valence-electron chi connectivity index (χ0n) is 8.04. The van der Waals surface area contributed by atoms with Gasteiger partial charge in [0.15, 0.2) is 0 Å². The minimum absolute atomic E-state index is 0.630. The SMILES string of the molecule is OC1(c2cncc(Br)c2)CCCCC1. The zero-order valence-corrected chi connectivity index (χ0v) is 9.63. The average Bonchev–Trinajstić information content (AvgIpc) is 2.19. The lowest BCUT2D eigenvalue weighted by Crippen LogP contribution is -2.28. The topological polar surface area (TPSA) is 33.1 Å². The van der Waals surface area contributed by atoms with Gasteiger partial charge in [-0.3, -0.25) is 4.98 Å². The molecule has 0 bridgehead atoms. The van der Waals surface area contributed by atoms with E-state index in [1.165, 1.54) is 6.42 Å². The number of nitrogens with zero attached hydrogens (tertiary/aromatic N) is 1. The van der Waals surface area contributed by atoms with E-state index in [4.69, 9.17) is 0 Å². The zero-order chi connectivity index (χ0) is 10.0. The van der Waals surface area contributed by atoms with Gasteiger partial charge in [0.05, 0.1) is 5.60 Å². The highest BCUT2D eigenvalue weighted by atomic mass is 79.9. The third-order valence-corrected chi connectivity index (χ3v) is 3.36. The molecule has 0 saturated heterocycles. The van der Waals surface area contributed by atoms with Crippen LogP contribution in [0.2, 0.25) is 0 Å². The van der Waals surface area contributed by atoms with Crippen LogP contribution in [0.4, 0.5) is 0 Å². The summed E-state index contributed by atoms with van der Waals surface area (Å²) in [5.41, 5.74) is 0.321. The van der Waals surface area contributed by atoms with E-state index >= 15 is 0 Å². The second-order valence-electron chi connectivity index (χ2n) is 3.98. The highest BCUT2D eigenvalue weighted by Crippen LogP contribution is 2.37. The van der Waals surface area contributed by atoms with Crippen molar-refractivity contribution in [2.45, 2.75) is 37.7 Å². The molecule has 0 aromatic carbocycles. The number of pyridine rings is 1. The van der Waals surface area contributed by atoms with Crippen LogP contribution in [0.3, 0.4) is 0 Å². The van der Waals surface area contributed by atoms with Gasteiger partial charge < -0.3 is 5.11 Å². The van der Waals surface area contributed by atoms with Crippen molar-refractivity contribution in [1.82, 2.24) is 4.98 Å². The molecular formula is C11H14BrNO. The van der Waals surface area contributed by atoms with Gasteiger partial charge >= 0.3 is 0 Å². The Morgan fingerprint density at radius 1 is 1.21 bits per heavy atom. The molecule has 1 aromatic rings. The first-order valence-electron chi connectivity index (χ1n) is 5.04. The number of rotatable bonds is 1. The number of halogens is 1. The Hall–Kier alpha value is -0.410. The molecule has 14 heavy (non-hydrogen) atoms. The van der Waals surface area contributed by atoms with Crippen molar-refractivity contribution in [2.75, 3.05) is 0 Å². The lowest BCUT2D eigenvalue weighted by atomic mass is 9.80. The van der Waals surface area contributed by atoms with Crippen LogP contribution in [-0.4, -0.2) is 10.1 Å². The Kier molecular flexibility index (Phi) is 2.88. The maximum Gasteiger partial charge on any atom is 0.0911 e. The molecule has 2 rings (SSSR count). The van der Waals surface area contributed by atoms with Gasteiger partial charge in [0, 0.05) is 22.4 Å². The van der Waals surface area contributed by atoms with Gasteiger partial charge in [-0.05, 0) is 34.8 Å². The molecule has 1 aliphatic carbocycles. The minimum atomic E-state index is -0.630. The van der Waals surface area contributed by atoms with Gasteiger partial charge in [-0.2, -0.15) is 0 Å². The van der Waals surface area contributed by atoms with E-state index < -0.39 is 5.60 Å². The third-order valence-electron chi connectivity index (χ3n) is 2.92. The predicted octanol–water partition coefficient (Wildman–Crippen LogP) is 3.00. The first kappa shape index (κ1) is 10.1. The number of hydrogen-bond acceptors (Lipinski definition) is 2. The van der Waals surface area contributed by atoms with Crippen molar-refractivity contribution < 1.29 is 5.11 Å². The van der Waals surface area contributed by atoms with E-state index in [0.29, 0.717) is 0 Å². The maximum absolute atomic E-state index is 10.4. The lowest BCUT2D eigenvalue weighted by molar-refractivity contribution is -0.000978. The summed E-state index contributed by atoms with van der Waals surface area (Å²) >= 11 is 3.38. The molecular weight excluding hydrogens is 242 g/mol. The summed E-state index contributed by atoms with van der Waals surface area (Å²) in [5.74, 6) is 0. The molecule has 0 radical (unpaired) electrons. The standard InChI is InChI=1S/C11H14BrNO/c12-10-6-9(7-13-8-10)11(14)4-2-1-3-5-11/h6-8,14H,1-5H2. The molecule has 1 aliphatic rings. The lowest BCUT2D eigenvalue weighted by Gasteiger charge is -2.32. The molecule has 3 heteroatoms. The van der Waals surface area contributed by atoms with Crippen LogP contribution >= 0.6 is 15.9 Å². The Bertz CT molecular complexity index is 321. The van der Waals surface area contributed by atoms with Crippen molar-refractivity contribution in [3.8, 4) is 0 Å². The minimum Gasteiger partial charge on any atom is -0.385 e. The van der Waals surface area contributed by atoms with Crippen LogP contribution < -0.4 is 0 Å². The van der Waals surface area contributed by atoms with E-state index in [9.17, 15) is 5.11 Å². The Morgan fingerprint density at radius 3 is 2.57 bits per heavy atom. The largest absolute Gasteiger partial charge is 0.385 e. The second kappa shape index (κ2) is 3.99. The van der Waals surface area contributed by atoms with Crippen LogP contribution in [0.5, 0.6) is 0 Å². The van der Waals surface area contributed by atoms with Crippen molar-refractivity contribution in [2.24, 2.45) is 0 Å². The molecule has 0 amide bonds. The van der Waals surface area contributed by atoms with Crippen molar-refractivity contribution in [1.29, 1.82) is 0 Å². The molecule has 0 spiro atoms. The fraction of sp³-hybridized carbons (Fsp3) is 0.545. The molecule has 0 aliphatic heterocycles. The van der Waals surface area contributed by atoms with Gasteiger partial charge in [0.2, 0.25) is 0 Å². The maximum atomic E-state index is 10.4. The van der Waals surface area contributed by atoms with Gasteiger partial charge in [-0.25, -0.2) is 0 Å². The van der Waals surface area contributed by atoms with Crippen molar-refractivity contribution >= 4 is 15.9 Å². The average molecular weight is 256 g/mol. The highest BCUT2D eigenvalue weighted by molar-refractivity contribution is 9.10. The van der Waals surface area contributed by atoms with Crippen LogP contribution in [0.1, 0.15) is 37.7 Å². The second-order valence-corrected chi connectivity index (χ2v) is 4.90. The van der Waals surface area contributed by atoms with Gasteiger partial charge in [-0.15, -0.1) is 0 Å². The number of aromatic nitrogens is 1. The third kappa shape index (κ3) is 1.98. The summed E-state index contributed by atoms with van der Waals surface area (Å²) < 4.78 is 0.939. The molecule has 1 aromatic heterocycles. The first-order valence-corrected chi connectivity index (χ1v) is 5.83. The highest BCUT2D eigenvalue weighted by Gasteiger charge is 2.31. The number of aliphatic hydroxyl groups is 1. The smallest absolute Gasteiger partial charge is 0.0911 e. The van der Waals surface area contributed by atoms with Crippen LogP contribution in [0.25, 0.3) is 0 Å². The van der Waals surface area contributed by atoms with Gasteiger partial charge in [0.25, 0.3) is 0 Å². The van der Waals surface area contributed by atoms with E-state index in [0.717, 1.165) is 35.7 Å². The Labute approximate surface area is 92.5 Å². The molecule has 1 heterocycles. The Balaban J connectivity index is 2.28. The fourth-order valence-corrected chi connectivity index (χ4v) is 2.46. The summed E-state index contributed by atoms with van der Waals surface area (Å²) in [7, 11) is 0. The van der Waals surface area contributed by atoms with E-state index in [2.05, 4.69) is 20.9 Å². The summed E-state index contributed by atoms with van der Waals surface area (Å²) in [6.45, 7) is 0. The molecule has 2 nitrogen and oxygen atoms in total. The van der Waals surface area contributed by atoms with E-state index in [-0.39, 0.29) is 0 Å². The molecule has 76 valence electrons. The monoisotopic (exact) mass is 255 g/mol. The van der Waals surface area contributed by atoms with E-state index in [1.54, 1.807) is 12.4 Å².